The number of aliphatic imine (C=N–C) groups is 2. The molecule has 4 N–H and O–H groups in total. The number of aromatic nitrogens is 2. The Kier molecular flexibility index (Phi) is 9.12. The molecule has 0 amide bonds. The molecule has 1 aliphatic heterocycles. The van der Waals surface area contributed by atoms with E-state index in [4.69, 9.17) is 15.7 Å². The lowest BCUT2D eigenvalue weighted by molar-refractivity contribution is 0.635. The number of fused-ring (bicyclic) bond motifs is 11. The molecule has 10 rings (SSSR count). The van der Waals surface area contributed by atoms with E-state index in [1.54, 1.807) is 0 Å². The van der Waals surface area contributed by atoms with E-state index in [-0.39, 0.29) is 0 Å². The van der Waals surface area contributed by atoms with E-state index >= 15 is 0 Å². The van der Waals surface area contributed by atoms with Crippen LogP contribution in [0.5, 0.6) is 0 Å². The summed E-state index contributed by atoms with van der Waals surface area (Å²) in [6, 6.07) is 51.8. The highest BCUT2D eigenvalue weighted by atomic mass is 15.2. The number of benzene rings is 7. The van der Waals surface area contributed by atoms with Crippen LogP contribution in [0.3, 0.4) is 0 Å². The van der Waals surface area contributed by atoms with Crippen molar-refractivity contribution in [1.29, 1.82) is 0 Å². The summed E-state index contributed by atoms with van der Waals surface area (Å²) < 4.78 is 4.85. The summed E-state index contributed by atoms with van der Waals surface area (Å²) in [6.45, 7) is 2.61. The van der Waals surface area contributed by atoms with E-state index in [9.17, 15) is 0 Å². The predicted octanol–water partition coefficient (Wildman–Crippen LogP) is 11.2. The lowest BCUT2D eigenvalue weighted by atomic mass is 10.0. The molecule has 0 aliphatic carbocycles. The number of amidine groups is 1. The standard InChI is InChI=1S/C51H43N7/c1-2-3-4-5-16-31-53-51(56-49(52)36-19-8-6-9-20-36)50-54-32-38(33-55-50)57-44-30-29-42-41-27-25-34-17-12-14-23-39(34)46(41)58(37-21-10-7-11-22-37)48(42)45(44)43-28-26-35-18-13-15-24-40(35)47(43)57/h2-15,17-30,32-33,49-50,54H,16,31,52H2,1H3,(H,53,56)/b3-2-,5-4-. The number of rotatable bonds is 9. The van der Waals surface area contributed by atoms with Crippen LogP contribution in [0.15, 0.2) is 186 Å². The number of nitrogens with one attached hydrogen (secondary N) is 2. The summed E-state index contributed by atoms with van der Waals surface area (Å²) >= 11 is 0. The van der Waals surface area contributed by atoms with E-state index in [2.05, 4.69) is 153 Å². The fraction of sp³-hybridized carbons (Fsp3) is 0.0980. The summed E-state index contributed by atoms with van der Waals surface area (Å²) in [6.07, 6.45) is 12.2. The molecule has 2 atom stereocenters. The van der Waals surface area contributed by atoms with Crippen LogP contribution >= 0.6 is 0 Å². The highest BCUT2D eigenvalue weighted by molar-refractivity contribution is 6.32. The van der Waals surface area contributed by atoms with E-state index < -0.39 is 12.3 Å². The first-order valence-corrected chi connectivity index (χ1v) is 19.9. The van der Waals surface area contributed by atoms with Crippen LogP contribution in [-0.2, 0) is 0 Å². The molecule has 2 aromatic heterocycles. The Morgan fingerprint density at radius 3 is 2.05 bits per heavy atom. The first-order chi connectivity index (χ1) is 28.7. The molecule has 58 heavy (non-hydrogen) atoms. The topological polar surface area (TPSA) is 84.7 Å². The van der Waals surface area contributed by atoms with Crippen LogP contribution in [0.25, 0.3) is 76.5 Å². The Morgan fingerprint density at radius 2 is 1.34 bits per heavy atom. The average molecular weight is 754 g/mol. The van der Waals surface area contributed by atoms with Gasteiger partial charge in [-0.25, -0.2) is 0 Å². The number of nitrogens with two attached hydrogens (primary N) is 1. The molecule has 7 nitrogen and oxygen atoms in total. The van der Waals surface area contributed by atoms with Crippen molar-refractivity contribution in [2.24, 2.45) is 15.7 Å². The number of para-hydroxylation sites is 1. The van der Waals surface area contributed by atoms with Gasteiger partial charge in [0.15, 0.2) is 6.17 Å². The molecular weight excluding hydrogens is 711 g/mol. The third-order valence-electron chi connectivity index (χ3n) is 11.2. The van der Waals surface area contributed by atoms with Crippen LogP contribution in [0, 0.1) is 0 Å². The Hall–Kier alpha value is -7.22. The zero-order chi connectivity index (χ0) is 39.0. The SMILES string of the molecule is C/C=C\C=C/CCN=C(NC(N)c1ccccc1)C1N=CC(n2c3ccc4c5ccc6ccccc6c5n(-c5ccccc5)c4c3c3ccc4ccccc4c32)=CN1. The van der Waals surface area contributed by atoms with Gasteiger partial charge < -0.3 is 25.5 Å². The minimum atomic E-state index is -0.444. The molecule has 0 spiro atoms. The first kappa shape index (κ1) is 35.2. The maximum Gasteiger partial charge on any atom is 0.176 e. The highest BCUT2D eigenvalue weighted by Crippen LogP contribution is 2.45. The number of hydrogen-bond donors (Lipinski definition) is 3. The molecule has 0 saturated heterocycles. The molecule has 0 radical (unpaired) electrons. The van der Waals surface area contributed by atoms with Gasteiger partial charge in [0.2, 0.25) is 0 Å². The van der Waals surface area contributed by atoms with Crippen molar-refractivity contribution in [3.05, 3.63) is 182 Å². The third-order valence-corrected chi connectivity index (χ3v) is 11.2. The van der Waals surface area contributed by atoms with E-state index in [1.165, 1.54) is 54.1 Å². The lowest BCUT2D eigenvalue weighted by Gasteiger charge is -2.25. The maximum absolute atomic E-state index is 6.70. The summed E-state index contributed by atoms with van der Waals surface area (Å²) in [5.41, 5.74) is 14.4. The van der Waals surface area contributed by atoms with Crippen molar-refractivity contribution in [3.63, 3.8) is 0 Å². The molecule has 3 heterocycles. The molecule has 9 aromatic rings. The number of nitrogens with zero attached hydrogens (tertiary/aromatic N) is 4. The minimum absolute atomic E-state index is 0.441. The van der Waals surface area contributed by atoms with Crippen molar-refractivity contribution in [1.82, 2.24) is 19.8 Å². The Labute approximate surface area is 336 Å². The molecule has 0 bridgehead atoms. The van der Waals surface area contributed by atoms with Gasteiger partial charge in [-0.05, 0) is 47.9 Å². The van der Waals surface area contributed by atoms with Gasteiger partial charge >= 0.3 is 0 Å². The second-order valence-corrected chi connectivity index (χ2v) is 14.7. The molecular formula is C51H43N7. The van der Waals surface area contributed by atoms with Crippen LogP contribution in [0.4, 0.5) is 0 Å². The second kappa shape index (κ2) is 15.0. The molecule has 7 heteroatoms. The van der Waals surface area contributed by atoms with Gasteiger partial charge in [0.05, 0.1) is 27.8 Å². The fourth-order valence-electron chi connectivity index (χ4n) is 8.56. The summed E-state index contributed by atoms with van der Waals surface area (Å²) in [5.74, 6) is 0.691. The van der Waals surface area contributed by atoms with E-state index in [0.717, 1.165) is 34.4 Å². The fourth-order valence-corrected chi connectivity index (χ4v) is 8.56. The summed E-state index contributed by atoms with van der Waals surface area (Å²) in [7, 11) is 0. The van der Waals surface area contributed by atoms with Crippen LogP contribution in [0.2, 0.25) is 0 Å². The Balaban J connectivity index is 1.16. The highest BCUT2D eigenvalue weighted by Gasteiger charge is 2.25. The molecule has 1 aliphatic rings. The van der Waals surface area contributed by atoms with Crippen molar-refractivity contribution in [2.75, 3.05) is 6.54 Å². The third kappa shape index (κ3) is 6.04. The maximum atomic E-state index is 6.70. The van der Waals surface area contributed by atoms with Crippen LogP contribution in [-0.4, -0.2) is 33.9 Å². The van der Waals surface area contributed by atoms with Gasteiger partial charge in [0.1, 0.15) is 12.0 Å². The quantitative estimate of drug-likeness (QED) is 0.0451. The molecule has 7 aromatic carbocycles. The molecule has 0 fully saturated rings. The monoisotopic (exact) mass is 753 g/mol. The van der Waals surface area contributed by atoms with E-state index in [1.807, 2.05) is 55.6 Å². The van der Waals surface area contributed by atoms with Gasteiger partial charge in [0, 0.05) is 57.0 Å². The summed E-state index contributed by atoms with van der Waals surface area (Å²) in [5, 5.41) is 16.7. The van der Waals surface area contributed by atoms with E-state index in [0.29, 0.717) is 12.4 Å². The van der Waals surface area contributed by atoms with Crippen LogP contribution < -0.4 is 16.4 Å². The van der Waals surface area contributed by atoms with Gasteiger partial charge in [0.25, 0.3) is 0 Å². The second-order valence-electron chi connectivity index (χ2n) is 14.7. The minimum Gasteiger partial charge on any atom is -0.362 e. The Morgan fingerprint density at radius 1 is 0.707 bits per heavy atom. The largest absolute Gasteiger partial charge is 0.362 e. The van der Waals surface area contributed by atoms with Crippen molar-refractivity contribution in [3.8, 4) is 5.69 Å². The van der Waals surface area contributed by atoms with Crippen molar-refractivity contribution in [2.45, 2.75) is 25.7 Å². The summed E-state index contributed by atoms with van der Waals surface area (Å²) in [4.78, 5) is 10.1. The van der Waals surface area contributed by atoms with Gasteiger partial charge in [-0.15, -0.1) is 0 Å². The van der Waals surface area contributed by atoms with Gasteiger partial charge in [-0.2, -0.15) is 0 Å². The molecule has 282 valence electrons. The number of hydrogen-bond acceptors (Lipinski definition) is 4. The zero-order valence-corrected chi connectivity index (χ0v) is 32.3. The lowest BCUT2D eigenvalue weighted by Crippen LogP contribution is -2.46. The Bertz CT molecular complexity index is 3150. The zero-order valence-electron chi connectivity index (χ0n) is 32.3. The number of allylic oxidation sites excluding steroid dienone is 4. The molecule has 0 saturated carbocycles. The first-order valence-electron chi connectivity index (χ1n) is 19.9. The predicted molar refractivity (Wildman–Crippen MR) is 246 cm³/mol. The van der Waals surface area contributed by atoms with Crippen molar-refractivity contribution >= 4 is 82.9 Å². The van der Waals surface area contributed by atoms with Gasteiger partial charge in [-0.1, -0.05) is 152 Å². The normalized spacial score (nSPS) is 15.4. The average Bonchev–Trinajstić information content (AvgIpc) is 3.81. The van der Waals surface area contributed by atoms with Crippen LogP contribution in [0.1, 0.15) is 25.1 Å². The van der Waals surface area contributed by atoms with Crippen molar-refractivity contribution < 1.29 is 0 Å². The van der Waals surface area contributed by atoms with Gasteiger partial charge in [-0.3, -0.25) is 9.98 Å². The smallest absolute Gasteiger partial charge is 0.176 e. The molecule has 2 unspecified atom stereocenters.